The number of hydrogen-bond acceptors (Lipinski definition) is 4. The predicted molar refractivity (Wildman–Crippen MR) is 73.8 cm³/mol. The lowest BCUT2D eigenvalue weighted by Crippen LogP contribution is -1.99. The number of nitrogen functional groups attached to an aromatic ring is 1. The summed E-state index contributed by atoms with van der Waals surface area (Å²) in [6, 6.07) is 3.22. The molecule has 1 aromatic heterocycles. The summed E-state index contributed by atoms with van der Waals surface area (Å²) in [6.07, 6.45) is 0. The number of anilines is 1. The van der Waals surface area contributed by atoms with E-state index in [9.17, 15) is 4.39 Å². The van der Waals surface area contributed by atoms with Crippen molar-refractivity contribution in [3.63, 3.8) is 0 Å². The number of methoxy groups -OCH3 is 2. The molecule has 0 fully saturated rings. The second-order valence-electron chi connectivity index (χ2n) is 3.86. The Balaban J connectivity index is 2.70. The van der Waals surface area contributed by atoms with Crippen LogP contribution in [0.25, 0.3) is 11.3 Å². The summed E-state index contributed by atoms with van der Waals surface area (Å²) in [6.45, 7) is 0. The Morgan fingerprint density at radius 1 is 1.32 bits per heavy atom. The fourth-order valence-corrected chi connectivity index (χ4v) is 2.34. The molecule has 19 heavy (non-hydrogen) atoms. The van der Waals surface area contributed by atoms with Crippen LogP contribution >= 0.6 is 15.9 Å². The van der Waals surface area contributed by atoms with Gasteiger partial charge in [0, 0.05) is 17.6 Å². The number of nitrogens with zero attached hydrogens (tertiary/aromatic N) is 2. The summed E-state index contributed by atoms with van der Waals surface area (Å²) in [4.78, 5) is 0. The molecule has 2 aromatic rings. The summed E-state index contributed by atoms with van der Waals surface area (Å²) >= 11 is 3.31. The van der Waals surface area contributed by atoms with Crippen LogP contribution in [0.15, 0.2) is 16.6 Å². The van der Waals surface area contributed by atoms with E-state index in [1.54, 1.807) is 19.2 Å². The van der Waals surface area contributed by atoms with Gasteiger partial charge in [-0.3, -0.25) is 4.68 Å². The van der Waals surface area contributed by atoms with Crippen molar-refractivity contribution in [2.75, 3.05) is 20.0 Å². The second-order valence-corrected chi connectivity index (χ2v) is 4.72. The molecular formula is C12H13BrFN3O2. The molecule has 7 heteroatoms. The molecule has 2 rings (SSSR count). The maximum absolute atomic E-state index is 14.5. The van der Waals surface area contributed by atoms with Gasteiger partial charge in [0.25, 0.3) is 0 Å². The molecule has 1 aromatic carbocycles. The van der Waals surface area contributed by atoms with E-state index in [4.69, 9.17) is 15.2 Å². The molecule has 0 unspecified atom stereocenters. The molecule has 0 aliphatic carbocycles. The number of benzene rings is 1. The lowest BCUT2D eigenvalue weighted by atomic mass is 10.1. The van der Waals surface area contributed by atoms with Crippen LogP contribution in [-0.4, -0.2) is 24.0 Å². The molecule has 0 amide bonds. The Hall–Kier alpha value is -1.76. The van der Waals surface area contributed by atoms with Crippen LogP contribution in [0.3, 0.4) is 0 Å². The first-order valence-electron chi connectivity index (χ1n) is 5.39. The second kappa shape index (κ2) is 5.08. The van der Waals surface area contributed by atoms with Gasteiger partial charge in [-0.2, -0.15) is 5.10 Å². The number of aromatic nitrogens is 2. The topological polar surface area (TPSA) is 62.3 Å². The quantitative estimate of drug-likeness (QED) is 0.940. The minimum atomic E-state index is -0.549. The van der Waals surface area contributed by atoms with Crippen LogP contribution in [0.1, 0.15) is 0 Å². The number of hydrogen-bond donors (Lipinski definition) is 1. The number of halogens is 2. The van der Waals surface area contributed by atoms with Gasteiger partial charge in [0.1, 0.15) is 5.82 Å². The Labute approximate surface area is 118 Å². The lowest BCUT2D eigenvalue weighted by Gasteiger charge is -2.12. The van der Waals surface area contributed by atoms with Crippen LogP contribution in [0.4, 0.5) is 10.2 Å². The highest BCUT2D eigenvalue weighted by atomic mass is 79.9. The minimum absolute atomic E-state index is 0.0323. The number of nitrogens with two attached hydrogens (primary N) is 1. The van der Waals surface area contributed by atoms with Crippen molar-refractivity contribution in [1.82, 2.24) is 9.78 Å². The van der Waals surface area contributed by atoms with Gasteiger partial charge in [-0.25, -0.2) is 4.39 Å². The van der Waals surface area contributed by atoms with Crippen LogP contribution < -0.4 is 15.2 Å². The van der Waals surface area contributed by atoms with Crippen molar-refractivity contribution in [3.05, 3.63) is 22.4 Å². The first kappa shape index (κ1) is 13.7. The van der Waals surface area contributed by atoms with Crippen LogP contribution in [0.5, 0.6) is 11.5 Å². The standard InChI is InChI=1S/C12H13BrFN3O2/c1-17-9(15)5-7(16-17)10-6(13)4-8(18-2)12(19-3)11(10)14/h4-5H,15H2,1-3H3. The van der Waals surface area contributed by atoms with E-state index in [1.165, 1.54) is 18.9 Å². The Kier molecular flexibility index (Phi) is 3.66. The smallest absolute Gasteiger partial charge is 0.197 e. The van der Waals surface area contributed by atoms with Gasteiger partial charge in [-0.1, -0.05) is 0 Å². The average Bonchev–Trinajstić information content (AvgIpc) is 2.68. The van der Waals surface area contributed by atoms with Gasteiger partial charge in [-0.15, -0.1) is 0 Å². The number of rotatable bonds is 3. The minimum Gasteiger partial charge on any atom is -0.493 e. The number of aryl methyl sites for hydroxylation is 1. The molecular weight excluding hydrogens is 317 g/mol. The van der Waals surface area contributed by atoms with Crippen molar-refractivity contribution in [1.29, 1.82) is 0 Å². The molecule has 0 aliphatic heterocycles. The molecule has 0 bridgehead atoms. The molecule has 0 saturated carbocycles. The van der Waals surface area contributed by atoms with Gasteiger partial charge in [0.2, 0.25) is 0 Å². The molecule has 0 atom stereocenters. The summed E-state index contributed by atoms with van der Waals surface area (Å²) in [7, 11) is 4.51. The van der Waals surface area contributed by atoms with Crippen molar-refractivity contribution in [2.45, 2.75) is 0 Å². The molecule has 0 spiro atoms. The van der Waals surface area contributed by atoms with E-state index in [-0.39, 0.29) is 11.3 Å². The van der Waals surface area contributed by atoms with Crippen molar-refractivity contribution in [2.24, 2.45) is 7.05 Å². The van der Waals surface area contributed by atoms with E-state index in [0.717, 1.165) is 0 Å². The summed E-state index contributed by atoms with van der Waals surface area (Å²) in [5, 5.41) is 4.16. The molecule has 0 radical (unpaired) electrons. The first-order chi connectivity index (χ1) is 8.99. The van der Waals surface area contributed by atoms with E-state index in [0.29, 0.717) is 21.7 Å². The normalized spacial score (nSPS) is 10.6. The largest absolute Gasteiger partial charge is 0.493 e. The molecule has 0 saturated heterocycles. The zero-order chi connectivity index (χ0) is 14.2. The van der Waals surface area contributed by atoms with Gasteiger partial charge in [0.15, 0.2) is 17.3 Å². The van der Waals surface area contributed by atoms with Crippen LogP contribution in [-0.2, 0) is 7.05 Å². The summed E-state index contributed by atoms with van der Waals surface area (Å²) in [5.74, 6) is 0.229. The van der Waals surface area contributed by atoms with E-state index in [2.05, 4.69) is 21.0 Å². The summed E-state index contributed by atoms with van der Waals surface area (Å²) < 4.78 is 26.6. The predicted octanol–water partition coefficient (Wildman–Crippen LogP) is 2.59. The SMILES string of the molecule is COc1cc(Br)c(-c2cc(N)n(C)n2)c(F)c1OC. The fourth-order valence-electron chi connectivity index (χ4n) is 1.76. The highest BCUT2D eigenvalue weighted by Gasteiger charge is 2.22. The van der Waals surface area contributed by atoms with Crippen LogP contribution in [0, 0.1) is 5.82 Å². The zero-order valence-corrected chi connectivity index (χ0v) is 12.3. The van der Waals surface area contributed by atoms with Crippen molar-refractivity contribution in [3.8, 4) is 22.8 Å². The van der Waals surface area contributed by atoms with Crippen LogP contribution in [0.2, 0.25) is 0 Å². The zero-order valence-electron chi connectivity index (χ0n) is 10.7. The molecule has 5 nitrogen and oxygen atoms in total. The fraction of sp³-hybridized carbons (Fsp3) is 0.250. The van der Waals surface area contributed by atoms with Gasteiger partial charge < -0.3 is 15.2 Å². The van der Waals surface area contributed by atoms with E-state index < -0.39 is 5.82 Å². The van der Waals surface area contributed by atoms with E-state index in [1.807, 2.05) is 0 Å². The molecule has 102 valence electrons. The Morgan fingerprint density at radius 2 is 2.00 bits per heavy atom. The monoisotopic (exact) mass is 329 g/mol. The summed E-state index contributed by atoms with van der Waals surface area (Å²) in [5.41, 5.74) is 6.42. The molecule has 1 heterocycles. The highest BCUT2D eigenvalue weighted by Crippen LogP contribution is 2.41. The van der Waals surface area contributed by atoms with Crippen molar-refractivity contribution < 1.29 is 13.9 Å². The van der Waals surface area contributed by atoms with Gasteiger partial charge in [0.05, 0.1) is 25.5 Å². The maximum Gasteiger partial charge on any atom is 0.197 e. The third-order valence-electron chi connectivity index (χ3n) is 2.74. The van der Waals surface area contributed by atoms with Gasteiger partial charge >= 0.3 is 0 Å². The van der Waals surface area contributed by atoms with E-state index >= 15 is 0 Å². The highest BCUT2D eigenvalue weighted by molar-refractivity contribution is 9.10. The average molecular weight is 330 g/mol. The Bertz CT molecular complexity index is 608. The van der Waals surface area contributed by atoms with Gasteiger partial charge in [-0.05, 0) is 22.0 Å². The Morgan fingerprint density at radius 3 is 2.47 bits per heavy atom. The maximum atomic E-state index is 14.5. The van der Waals surface area contributed by atoms with Crippen molar-refractivity contribution >= 4 is 21.7 Å². The first-order valence-corrected chi connectivity index (χ1v) is 6.18. The number of ether oxygens (including phenoxy) is 2. The molecule has 2 N–H and O–H groups in total. The lowest BCUT2D eigenvalue weighted by molar-refractivity contribution is 0.337. The third kappa shape index (κ3) is 2.25. The third-order valence-corrected chi connectivity index (χ3v) is 3.36. The molecule has 0 aliphatic rings.